The summed E-state index contributed by atoms with van der Waals surface area (Å²) in [6.45, 7) is 2.86. The molecule has 1 saturated carbocycles. The van der Waals surface area contributed by atoms with Crippen LogP contribution in [0.15, 0.2) is 17.5 Å². The standard InChI is InChI=1S/C15H23NOS/c1-3-12-6-8-13(9-7-12)16(2)11-14(17)15-5-4-10-18-15/h4-5,10,12-13H,3,6-9,11H2,1-2H3. The Morgan fingerprint density at radius 1 is 1.39 bits per heavy atom. The Morgan fingerprint density at radius 3 is 2.67 bits per heavy atom. The monoisotopic (exact) mass is 265 g/mol. The van der Waals surface area contributed by atoms with Crippen molar-refractivity contribution in [3.8, 4) is 0 Å². The van der Waals surface area contributed by atoms with Crippen LogP contribution in [-0.4, -0.2) is 30.3 Å². The van der Waals surface area contributed by atoms with Crippen LogP contribution in [0.3, 0.4) is 0 Å². The Hall–Kier alpha value is -0.670. The van der Waals surface area contributed by atoms with Crippen molar-refractivity contribution in [1.82, 2.24) is 4.90 Å². The lowest BCUT2D eigenvalue weighted by molar-refractivity contribution is 0.0889. The molecule has 3 heteroatoms. The van der Waals surface area contributed by atoms with Crippen molar-refractivity contribution >= 4 is 17.1 Å². The zero-order valence-electron chi connectivity index (χ0n) is 11.4. The van der Waals surface area contributed by atoms with E-state index in [1.165, 1.54) is 32.1 Å². The quantitative estimate of drug-likeness (QED) is 0.754. The third-order valence-corrected chi connectivity index (χ3v) is 5.12. The van der Waals surface area contributed by atoms with Gasteiger partial charge in [0.05, 0.1) is 11.4 Å². The van der Waals surface area contributed by atoms with Crippen molar-refractivity contribution in [2.75, 3.05) is 13.6 Å². The molecule has 1 aliphatic carbocycles. The molecule has 0 atom stereocenters. The molecule has 1 heterocycles. The van der Waals surface area contributed by atoms with Crippen LogP contribution in [0, 0.1) is 5.92 Å². The first kappa shape index (κ1) is 13.8. The average molecular weight is 265 g/mol. The van der Waals surface area contributed by atoms with Crippen LogP contribution in [0.5, 0.6) is 0 Å². The molecule has 0 radical (unpaired) electrons. The number of thiophene rings is 1. The van der Waals surface area contributed by atoms with Gasteiger partial charge < -0.3 is 0 Å². The summed E-state index contributed by atoms with van der Waals surface area (Å²) in [6.07, 6.45) is 6.49. The fraction of sp³-hybridized carbons (Fsp3) is 0.667. The zero-order chi connectivity index (χ0) is 13.0. The van der Waals surface area contributed by atoms with Crippen molar-refractivity contribution in [3.63, 3.8) is 0 Å². The van der Waals surface area contributed by atoms with Crippen LogP contribution in [0.4, 0.5) is 0 Å². The summed E-state index contributed by atoms with van der Waals surface area (Å²) in [6, 6.07) is 4.48. The van der Waals surface area contributed by atoms with Gasteiger partial charge in [0.25, 0.3) is 0 Å². The van der Waals surface area contributed by atoms with Gasteiger partial charge in [-0.25, -0.2) is 0 Å². The van der Waals surface area contributed by atoms with Gasteiger partial charge in [0.1, 0.15) is 0 Å². The topological polar surface area (TPSA) is 20.3 Å². The summed E-state index contributed by atoms with van der Waals surface area (Å²) in [5, 5.41) is 1.97. The Labute approximate surface area is 114 Å². The lowest BCUT2D eigenvalue weighted by Crippen LogP contribution is -2.38. The Bertz CT molecular complexity index is 366. The van der Waals surface area contributed by atoms with Gasteiger partial charge in [-0.3, -0.25) is 9.69 Å². The maximum absolute atomic E-state index is 12.0. The molecule has 2 rings (SSSR count). The first-order valence-corrected chi connectivity index (χ1v) is 7.85. The summed E-state index contributed by atoms with van der Waals surface area (Å²) in [5.74, 6) is 1.19. The van der Waals surface area contributed by atoms with Gasteiger partial charge in [-0.1, -0.05) is 19.4 Å². The van der Waals surface area contributed by atoms with Crippen LogP contribution >= 0.6 is 11.3 Å². The van der Waals surface area contributed by atoms with Crippen LogP contribution in [0.1, 0.15) is 48.7 Å². The molecule has 0 amide bonds. The zero-order valence-corrected chi connectivity index (χ0v) is 12.2. The number of rotatable bonds is 5. The van der Waals surface area contributed by atoms with Crippen molar-refractivity contribution in [2.24, 2.45) is 5.92 Å². The van der Waals surface area contributed by atoms with Gasteiger partial charge in [-0.15, -0.1) is 11.3 Å². The van der Waals surface area contributed by atoms with E-state index in [0.29, 0.717) is 12.6 Å². The Kier molecular flexibility index (Phi) is 4.95. The van der Waals surface area contributed by atoms with Gasteiger partial charge in [0, 0.05) is 6.04 Å². The summed E-state index contributed by atoms with van der Waals surface area (Å²) < 4.78 is 0. The minimum atomic E-state index is 0.269. The number of carbonyl (C=O) groups excluding carboxylic acids is 1. The van der Waals surface area contributed by atoms with E-state index in [0.717, 1.165) is 10.8 Å². The van der Waals surface area contributed by atoms with E-state index in [4.69, 9.17) is 0 Å². The molecule has 0 spiro atoms. The van der Waals surface area contributed by atoms with E-state index in [-0.39, 0.29) is 5.78 Å². The van der Waals surface area contributed by atoms with Gasteiger partial charge in [-0.05, 0) is 50.1 Å². The first-order chi connectivity index (χ1) is 8.70. The maximum atomic E-state index is 12.0. The number of nitrogens with zero attached hydrogens (tertiary/aromatic N) is 1. The maximum Gasteiger partial charge on any atom is 0.186 e. The van der Waals surface area contributed by atoms with Crippen LogP contribution < -0.4 is 0 Å². The van der Waals surface area contributed by atoms with Crippen LogP contribution in [-0.2, 0) is 0 Å². The van der Waals surface area contributed by atoms with Crippen LogP contribution in [0.25, 0.3) is 0 Å². The molecule has 0 aromatic carbocycles. The minimum Gasteiger partial charge on any atom is -0.296 e. The van der Waals surface area contributed by atoms with E-state index < -0.39 is 0 Å². The van der Waals surface area contributed by atoms with E-state index >= 15 is 0 Å². The third kappa shape index (κ3) is 3.42. The molecule has 0 saturated heterocycles. The number of Topliss-reactive ketones (excluding diaryl/α,β-unsaturated/α-hetero) is 1. The second-order valence-corrected chi connectivity index (χ2v) is 6.35. The summed E-state index contributed by atoms with van der Waals surface area (Å²) in [4.78, 5) is 15.2. The molecule has 0 unspecified atom stereocenters. The molecule has 1 aromatic heterocycles. The van der Waals surface area contributed by atoms with Crippen molar-refractivity contribution < 1.29 is 4.79 Å². The number of hydrogen-bond acceptors (Lipinski definition) is 3. The summed E-state index contributed by atoms with van der Waals surface area (Å²) in [7, 11) is 2.10. The highest BCUT2D eigenvalue weighted by Crippen LogP contribution is 2.29. The highest BCUT2D eigenvalue weighted by atomic mass is 32.1. The largest absolute Gasteiger partial charge is 0.296 e. The smallest absolute Gasteiger partial charge is 0.186 e. The molecule has 18 heavy (non-hydrogen) atoms. The van der Waals surface area contributed by atoms with E-state index in [2.05, 4.69) is 18.9 Å². The number of carbonyl (C=O) groups is 1. The molecule has 1 aromatic rings. The predicted octanol–water partition coefficient (Wildman–Crippen LogP) is 3.83. The molecule has 0 bridgehead atoms. The molecule has 2 nitrogen and oxygen atoms in total. The molecule has 0 aliphatic heterocycles. The number of ketones is 1. The minimum absolute atomic E-state index is 0.269. The first-order valence-electron chi connectivity index (χ1n) is 6.97. The van der Waals surface area contributed by atoms with Gasteiger partial charge in [0.15, 0.2) is 5.78 Å². The average Bonchev–Trinajstić information content (AvgIpc) is 2.92. The highest BCUT2D eigenvalue weighted by molar-refractivity contribution is 7.12. The fourth-order valence-electron chi connectivity index (χ4n) is 2.86. The summed E-state index contributed by atoms with van der Waals surface area (Å²) in [5.41, 5.74) is 0. The predicted molar refractivity (Wildman–Crippen MR) is 77.3 cm³/mol. The molecular formula is C15H23NOS. The fourth-order valence-corrected chi connectivity index (χ4v) is 3.52. The van der Waals surface area contributed by atoms with Gasteiger partial charge in [0.2, 0.25) is 0 Å². The molecule has 100 valence electrons. The normalized spacial score (nSPS) is 24.4. The lowest BCUT2D eigenvalue weighted by atomic mass is 9.84. The molecule has 1 aliphatic rings. The van der Waals surface area contributed by atoms with Crippen molar-refractivity contribution in [1.29, 1.82) is 0 Å². The number of hydrogen-bond donors (Lipinski definition) is 0. The highest BCUT2D eigenvalue weighted by Gasteiger charge is 2.24. The lowest BCUT2D eigenvalue weighted by Gasteiger charge is -2.34. The molecular weight excluding hydrogens is 242 g/mol. The molecule has 1 fully saturated rings. The van der Waals surface area contributed by atoms with Crippen molar-refractivity contribution in [3.05, 3.63) is 22.4 Å². The van der Waals surface area contributed by atoms with Gasteiger partial charge in [-0.2, -0.15) is 0 Å². The second-order valence-electron chi connectivity index (χ2n) is 5.40. The Balaban J connectivity index is 1.82. The van der Waals surface area contributed by atoms with E-state index in [9.17, 15) is 4.79 Å². The van der Waals surface area contributed by atoms with Gasteiger partial charge >= 0.3 is 0 Å². The Morgan fingerprint density at radius 2 is 2.11 bits per heavy atom. The second kappa shape index (κ2) is 6.48. The molecule has 0 N–H and O–H groups in total. The third-order valence-electron chi connectivity index (χ3n) is 4.21. The van der Waals surface area contributed by atoms with Crippen LogP contribution in [0.2, 0.25) is 0 Å². The van der Waals surface area contributed by atoms with E-state index in [1.54, 1.807) is 11.3 Å². The summed E-state index contributed by atoms with van der Waals surface area (Å²) >= 11 is 1.55. The SMILES string of the molecule is CCC1CCC(N(C)CC(=O)c2cccs2)CC1. The van der Waals surface area contributed by atoms with E-state index in [1.807, 2.05) is 17.5 Å². The van der Waals surface area contributed by atoms with Crippen molar-refractivity contribution in [2.45, 2.75) is 45.1 Å². The number of likely N-dealkylation sites (N-methyl/N-ethyl adjacent to an activating group) is 1.